The van der Waals surface area contributed by atoms with E-state index in [-0.39, 0.29) is 0 Å². The summed E-state index contributed by atoms with van der Waals surface area (Å²) in [5.41, 5.74) is 2.55. The van der Waals surface area contributed by atoms with Crippen molar-refractivity contribution in [3.63, 3.8) is 0 Å². The first-order valence-corrected chi connectivity index (χ1v) is 10.7. The minimum atomic E-state index is 0.340. The van der Waals surface area contributed by atoms with Crippen LogP contribution in [0.1, 0.15) is 57.9 Å². The van der Waals surface area contributed by atoms with E-state index in [0.29, 0.717) is 17.9 Å². The van der Waals surface area contributed by atoms with Gasteiger partial charge in [0.15, 0.2) is 11.5 Å². The predicted octanol–water partition coefficient (Wildman–Crippen LogP) is 5.68. The third-order valence-corrected chi connectivity index (χ3v) is 5.84. The summed E-state index contributed by atoms with van der Waals surface area (Å²) in [4.78, 5) is 6.70. The van der Waals surface area contributed by atoms with Crippen LogP contribution >= 0.6 is 0 Å². The van der Waals surface area contributed by atoms with E-state index in [1.165, 1.54) is 24.1 Å². The Kier molecular flexibility index (Phi) is 7.18. The fourth-order valence-electron chi connectivity index (χ4n) is 4.35. The molecule has 4 heteroatoms. The normalized spacial score (nSPS) is 21.9. The van der Waals surface area contributed by atoms with Gasteiger partial charge in [-0.25, -0.2) is 0 Å². The van der Waals surface area contributed by atoms with E-state index in [0.717, 1.165) is 37.4 Å². The average molecular weight is 383 g/mol. The number of nitrogens with zero attached hydrogens (tertiary/aromatic N) is 2. The second-order valence-electron chi connectivity index (χ2n) is 7.63. The van der Waals surface area contributed by atoms with Crippen LogP contribution in [0, 0.1) is 5.92 Å². The van der Waals surface area contributed by atoms with Gasteiger partial charge in [0.2, 0.25) is 0 Å². The summed E-state index contributed by atoms with van der Waals surface area (Å²) in [5, 5.41) is 0. The van der Waals surface area contributed by atoms with Crippen molar-refractivity contribution >= 4 is 5.69 Å². The van der Waals surface area contributed by atoms with Crippen molar-refractivity contribution in [1.29, 1.82) is 0 Å². The summed E-state index contributed by atoms with van der Waals surface area (Å²) in [6.45, 7) is 8.41. The van der Waals surface area contributed by atoms with E-state index in [9.17, 15) is 0 Å². The van der Waals surface area contributed by atoms with E-state index < -0.39 is 0 Å². The molecule has 2 aliphatic rings. The topological polar surface area (TPSA) is 34.6 Å². The molecule has 2 atom stereocenters. The quantitative estimate of drug-likeness (QED) is 0.666. The minimum Gasteiger partial charge on any atom is -0.493 e. The first kappa shape index (κ1) is 20.5. The lowest BCUT2D eigenvalue weighted by Crippen LogP contribution is -2.19. The predicted molar refractivity (Wildman–Crippen MR) is 116 cm³/mol. The van der Waals surface area contributed by atoms with E-state index >= 15 is 0 Å². The highest BCUT2D eigenvalue weighted by Gasteiger charge is 2.32. The third-order valence-electron chi connectivity index (χ3n) is 5.84. The van der Waals surface area contributed by atoms with Crippen LogP contribution < -0.4 is 14.4 Å². The molecule has 2 aromatic rings. The van der Waals surface area contributed by atoms with Crippen molar-refractivity contribution in [1.82, 2.24) is 4.98 Å². The molecule has 1 saturated heterocycles. The number of ether oxygens (including phenoxy) is 2. The Bertz CT molecular complexity index is 729. The van der Waals surface area contributed by atoms with Crippen LogP contribution in [0.3, 0.4) is 0 Å². The van der Waals surface area contributed by atoms with Gasteiger partial charge < -0.3 is 14.4 Å². The van der Waals surface area contributed by atoms with E-state index in [1.54, 1.807) is 7.11 Å². The molecule has 4 nitrogen and oxygen atoms in total. The number of pyridine rings is 1. The zero-order valence-electron chi connectivity index (χ0n) is 17.7. The molecule has 2 heterocycles. The molecule has 0 amide bonds. The van der Waals surface area contributed by atoms with Crippen LogP contribution in [0.2, 0.25) is 0 Å². The summed E-state index contributed by atoms with van der Waals surface area (Å²) in [6, 6.07) is 10.6. The molecule has 0 radical (unpaired) electrons. The van der Waals surface area contributed by atoms with Gasteiger partial charge in [-0.2, -0.15) is 0 Å². The summed E-state index contributed by atoms with van der Waals surface area (Å²) < 4.78 is 11.8. The van der Waals surface area contributed by atoms with Gasteiger partial charge in [-0.3, -0.25) is 4.98 Å². The maximum absolute atomic E-state index is 6.30. The lowest BCUT2D eigenvalue weighted by Gasteiger charge is -2.20. The number of aromatic nitrogens is 1. The van der Waals surface area contributed by atoms with Crippen molar-refractivity contribution < 1.29 is 9.47 Å². The first-order chi connectivity index (χ1) is 13.7. The summed E-state index contributed by atoms with van der Waals surface area (Å²) in [7, 11) is 1.72. The van der Waals surface area contributed by atoms with Gasteiger partial charge in [-0.1, -0.05) is 26.8 Å². The van der Waals surface area contributed by atoms with Gasteiger partial charge in [0.05, 0.1) is 25.1 Å². The first-order valence-electron chi connectivity index (χ1n) is 10.7. The Morgan fingerprint density at radius 3 is 2.50 bits per heavy atom. The van der Waals surface area contributed by atoms with Crippen LogP contribution in [-0.4, -0.2) is 31.3 Å². The van der Waals surface area contributed by atoms with E-state index in [2.05, 4.69) is 41.1 Å². The standard InChI is InChI=1S/C22H28N2O2.C2H6/c1-16-14-24(18-6-5-11-23-13-18)15-20(16)17-9-10-21(25-2)22(12-17)26-19-7-3-4-8-19;1-2/h5-6,9-13,16,19-20H,3-4,7-8,14-15H2,1-2H3;1-2H3/t16-,20+;/m0./s1. The molecule has 0 unspecified atom stereocenters. The van der Waals surface area contributed by atoms with Gasteiger partial charge in [-0.15, -0.1) is 0 Å². The lowest BCUT2D eigenvalue weighted by atomic mass is 9.90. The number of methoxy groups -OCH3 is 1. The molecule has 1 aromatic carbocycles. The maximum atomic E-state index is 6.30. The van der Waals surface area contributed by atoms with Crippen LogP contribution in [0.4, 0.5) is 5.69 Å². The molecule has 1 aromatic heterocycles. The van der Waals surface area contributed by atoms with Crippen LogP contribution in [-0.2, 0) is 0 Å². The van der Waals surface area contributed by atoms with Crippen molar-refractivity contribution in [3.05, 3.63) is 48.3 Å². The smallest absolute Gasteiger partial charge is 0.161 e. The Morgan fingerprint density at radius 2 is 1.82 bits per heavy atom. The highest BCUT2D eigenvalue weighted by Crippen LogP contribution is 2.39. The molecule has 1 saturated carbocycles. The third kappa shape index (κ3) is 4.60. The number of benzene rings is 1. The van der Waals surface area contributed by atoms with Crippen LogP contribution in [0.25, 0.3) is 0 Å². The van der Waals surface area contributed by atoms with Crippen molar-refractivity contribution in [3.8, 4) is 11.5 Å². The summed E-state index contributed by atoms with van der Waals surface area (Å²) >= 11 is 0. The van der Waals surface area contributed by atoms with Crippen LogP contribution in [0.15, 0.2) is 42.7 Å². The number of anilines is 1. The highest BCUT2D eigenvalue weighted by molar-refractivity contribution is 5.49. The van der Waals surface area contributed by atoms with E-state index in [4.69, 9.17) is 9.47 Å². The molecule has 1 aliphatic heterocycles. The molecule has 4 rings (SSSR count). The minimum absolute atomic E-state index is 0.340. The zero-order valence-corrected chi connectivity index (χ0v) is 17.7. The van der Waals surface area contributed by atoms with Crippen molar-refractivity contribution in [2.45, 2.75) is 58.5 Å². The summed E-state index contributed by atoms with van der Waals surface area (Å²) in [5.74, 6) is 2.83. The molecule has 0 bridgehead atoms. The summed E-state index contributed by atoms with van der Waals surface area (Å²) in [6.07, 6.45) is 8.98. The van der Waals surface area contributed by atoms with Crippen molar-refractivity contribution in [2.75, 3.05) is 25.1 Å². The zero-order chi connectivity index (χ0) is 19.9. The molecular weight excluding hydrogens is 348 g/mol. The molecular formula is C24H34N2O2. The lowest BCUT2D eigenvalue weighted by molar-refractivity contribution is 0.200. The maximum Gasteiger partial charge on any atom is 0.161 e. The molecule has 2 fully saturated rings. The number of hydrogen-bond acceptors (Lipinski definition) is 4. The van der Waals surface area contributed by atoms with Gasteiger partial charge in [-0.05, 0) is 61.4 Å². The Morgan fingerprint density at radius 1 is 1.04 bits per heavy atom. The van der Waals surface area contributed by atoms with Gasteiger partial charge in [0.1, 0.15) is 0 Å². The average Bonchev–Trinajstić information content (AvgIpc) is 3.40. The Hall–Kier alpha value is -2.23. The fraction of sp³-hybridized carbons (Fsp3) is 0.542. The number of hydrogen-bond donors (Lipinski definition) is 0. The second kappa shape index (κ2) is 9.81. The van der Waals surface area contributed by atoms with Gasteiger partial charge in [0, 0.05) is 25.2 Å². The molecule has 152 valence electrons. The van der Waals surface area contributed by atoms with Crippen molar-refractivity contribution in [2.24, 2.45) is 5.92 Å². The van der Waals surface area contributed by atoms with E-state index in [1.807, 2.05) is 32.3 Å². The largest absolute Gasteiger partial charge is 0.493 e. The Labute approximate surface area is 169 Å². The Balaban J connectivity index is 0.00000109. The molecule has 0 spiro atoms. The highest BCUT2D eigenvalue weighted by atomic mass is 16.5. The number of rotatable bonds is 5. The molecule has 28 heavy (non-hydrogen) atoms. The second-order valence-corrected chi connectivity index (χ2v) is 7.63. The fourth-order valence-corrected chi connectivity index (χ4v) is 4.35. The molecule has 1 aliphatic carbocycles. The molecule has 0 N–H and O–H groups in total. The SMILES string of the molecule is CC.COc1ccc([C@@H]2CN(c3cccnc3)C[C@@H]2C)cc1OC1CCCC1. The van der Waals surface area contributed by atoms with Crippen LogP contribution in [0.5, 0.6) is 11.5 Å². The monoisotopic (exact) mass is 382 g/mol. The van der Waals surface area contributed by atoms with Gasteiger partial charge in [0.25, 0.3) is 0 Å². The van der Waals surface area contributed by atoms with Gasteiger partial charge >= 0.3 is 0 Å².